The minimum absolute atomic E-state index is 0.00989. The van der Waals surface area contributed by atoms with Gasteiger partial charge in [-0.3, -0.25) is 19.3 Å². The van der Waals surface area contributed by atoms with Gasteiger partial charge in [0.05, 0.1) is 13.0 Å². The van der Waals surface area contributed by atoms with Crippen molar-refractivity contribution >= 4 is 23.8 Å². The molecule has 1 saturated heterocycles. The van der Waals surface area contributed by atoms with Crippen molar-refractivity contribution in [2.75, 3.05) is 20.2 Å². The van der Waals surface area contributed by atoms with Gasteiger partial charge in [-0.25, -0.2) is 4.79 Å². The molecule has 0 aromatic heterocycles. The Bertz CT molecular complexity index is 804. The fourth-order valence-corrected chi connectivity index (χ4v) is 4.23. The normalized spacial score (nSPS) is 18.4. The fraction of sp³-hybridized carbons (Fsp3) is 0.545. The number of benzene rings is 1. The average Bonchev–Trinajstić information content (AvgIpc) is 3.30. The number of amides is 4. The number of rotatable bonds is 8. The van der Waals surface area contributed by atoms with Gasteiger partial charge < -0.3 is 15.0 Å². The SMILES string of the molecule is COC(=O)C(C)CN(Cc1ccccc1)C(=O)CCN1C(=O)NC2(CCCC2)C1=O. The molecule has 0 radical (unpaired) electrons. The monoisotopic (exact) mass is 415 g/mol. The lowest BCUT2D eigenvalue weighted by Crippen LogP contribution is -2.44. The zero-order valence-electron chi connectivity index (χ0n) is 17.6. The molecule has 1 aromatic carbocycles. The Labute approximate surface area is 176 Å². The molecular weight excluding hydrogens is 386 g/mol. The van der Waals surface area contributed by atoms with Gasteiger partial charge in [0.15, 0.2) is 0 Å². The summed E-state index contributed by atoms with van der Waals surface area (Å²) in [7, 11) is 1.32. The highest BCUT2D eigenvalue weighted by Crippen LogP contribution is 2.35. The number of hydrogen-bond acceptors (Lipinski definition) is 5. The van der Waals surface area contributed by atoms with Crippen molar-refractivity contribution in [3.8, 4) is 0 Å². The van der Waals surface area contributed by atoms with Crippen LogP contribution in [0.25, 0.3) is 0 Å². The van der Waals surface area contributed by atoms with Gasteiger partial charge in [0.1, 0.15) is 5.54 Å². The molecule has 1 aliphatic heterocycles. The Morgan fingerprint density at radius 2 is 1.87 bits per heavy atom. The van der Waals surface area contributed by atoms with Crippen molar-refractivity contribution in [1.29, 1.82) is 0 Å². The maximum absolute atomic E-state index is 13.0. The van der Waals surface area contributed by atoms with Crippen LogP contribution in [0.4, 0.5) is 4.79 Å². The molecule has 162 valence electrons. The fourth-order valence-electron chi connectivity index (χ4n) is 4.23. The zero-order valence-corrected chi connectivity index (χ0v) is 17.6. The number of carbonyl (C=O) groups is 4. The number of urea groups is 1. The molecule has 1 heterocycles. The second-order valence-electron chi connectivity index (χ2n) is 8.11. The summed E-state index contributed by atoms with van der Waals surface area (Å²) in [6.07, 6.45) is 3.14. The molecule has 1 aliphatic carbocycles. The van der Waals surface area contributed by atoms with Gasteiger partial charge in [0.25, 0.3) is 5.91 Å². The summed E-state index contributed by atoms with van der Waals surface area (Å²) in [5.41, 5.74) is 0.159. The van der Waals surface area contributed by atoms with E-state index in [9.17, 15) is 19.2 Å². The lowest BCUT2D eigenvalue weighted by atomic mass is 9.98. The van der Waals surface area contributed by atoms with Crippen LogP contribution in [0.3, 0.4) is 0 Å². The molecule has 0 bridgehead atoms. The second kappa shape index (κ2) is 9.28. The van der Waals surface area contributed by atoms with E-state index < -0.39 is 23.5 Å². The lowest BCUT2D eigenvalue weighted by molar-refractivity contribution is -0.146. The predicted octanol–water partition coefficient (Wildman–Crippen LogP) is 2.08. The van der Waals surface area contributed by atoms with E-state index in [0.717, 1.165) is 23.3 Å². The Hall–Kier alpha value is -2.90. The van der Waals surface area contributed by atoms with E-state index in [2.05, 4.69) is 5.32 Å². The summed E-state index contributed by atoms with van der Waals surface area (Å²) in [6, 6.07) is 9.05. The van der Waals surface area contributed by atoms with E-state index in [1.807, 2.05) is 30.3 Å². The maximum Gasteiger partial charge on any atom is 0.325 e. The lowest BCUT2D eigenvalue weighted by Gasteiger charge is -2.26. The second-order valence-corrected chi connectivity index (χ2v) is 8.11. The summed E-state index contributed by atoms with van der Waals surface area (Å²) >= 11 is 0. The van der Waals surface area contributed by atoms with E-state index in [0.29, 0.717) is 19.4 Å². The van der Waals surface area contributed by atoms with Gasteiger partial charge in [-0.05, 0) is 18.4 Å². The van der Waals surface area contributed by atoms with Gasteiger partial charge in [-0.15, -0.1) is 0 Å². The molecule has 1 aromatic rings. The summed E-state index contributed by atoms with van der Waals surface area (Å²) in [6.45, 7) is 2.27. The number of carbonyl (C=O) groups excluding carboxylic acids is 4. The van der Waals surface area contributed by atoms with Crippen molar-refractivity contribution in [1.82, 2.24) is 15.1 Å². The highest BCUT2D eigenvalue weighted by Gasteiger charge is 2.52. The van der Waals surface area contributed by atoms with E-state index in [4.69, 9.17) is 4.74 Å². The van der Waals surface area contributed by atoms with Crippen LogP contribution < -0.4 is 5.32 Å². The van der Waals surface area contributed by atoms with Crippen molar-refractivity contribution in [3.05, 3.63) is 35.9 Å². The van der Waals surface area contributed by atoms with Crippen LogP contribution in [0.5, 0.6) is 0 Å². The van der Waals surface area contributed by atoms with Crippen LogP contribution in [0.15, 0.2) is 30.3 Å². The van der Waals surface area contributed by atoms with Gasteiger partial charge in [0, 0.05) is 26.1 Å². The van der Waals surface area contributed by atoms with Crippen LogP contribution in [0.2, 0.25) is 0 Å². The zero-order chi connectivity index (χ0) is 21.7. The van der Waals surface area contributed by atoms with E-state index in [-0.39, 0.29) is 31.3 Å². The first kappa shape index (κ1) is 21.8. The number of nitrogens with zero attached hydrogens (tertiary/aromatic N) is 2. The van der Waals surface area contributed by atoms with Crippen LogP contribution in [0.1, 0.15) is 44.6 Å². The predicted molar refractivity (Wildman–Crippen MR) is 109 cm³/mol. The first-order valence-electron chi connectivity index (χ1n) is 10.4. The third kappa shape index (κ3) is 4.63. The first-order chi connectivity index (χ1) is 14.4. The van der Waals surface area contributed by atoms with Crippen molar-refractivity contribution in [3.63, 3.8) is 0 Å². The molecule has 8 heteroatoms. The molecule has 8 nitrogen and oxygen atoms in total. The Morgan fingerprint density at radius 1 is 1.20 bits per heavy atom. The number of nitrogens with one attached hydrogen (secondary N) is 1. The van der Waals surface area contributed by atoms with Gasteiger partial charge in [0.2, 0.25) is 5.91 Å². The smallest absolute Gasteiger partial charge is 0.325 e. The minimum Gasteiger partial charge on any atom is -0.469 e. The van der Waals surface area contributed by atoms with E-state index >= 15 is 0 Å². The van der Waals surface area contributed by atoms with Gasteiger partial charge in [-0.1, -0.05) is 50.1 Å². The molecule has 1 saturated carbocycles. The molecule has 3 rings (SSSR count). The van der Waals surface area contributed by atoms with Crippen molar-refractivity contribution in [2.45, 2.75) is 51.1 Å². The van der Waals surface area contributed by atoms with Gasteiger partial charge >= 0.3 is 12.0 Å². The maximum atomic E-state index is 13.0. The molecule has 2 aliphatic rings. The highest BCUT2D eigenvalue weighted by atomic mass is 16.5. The highest BCUT2D eigenvalue weighted by molar-refractivity contribution is 6.07. The van der Waals surface area contributed by atoms with Crippen molar-refractivity contribution in [2.24, 2.45) is 5.92 Å². The number of esters is 1. The topological polar surface area (TPSA) is 96.0 Å². The number of hydrogen-bond donors (Lipinski definition) is 1. The summed E-state index contributed by atoms with van der Waals surface area (Å²) in [5, 5.41) is 2.83. The van der Waals surface area contributed by atoms with E-state index in [1.165, 1.54) is 7.11 Å². The number of methoxy groups -OCH3 is 1. The third-order valence-corrected chi connectivity index (χ3v) is 5.92. The Morgan fingerprint density at radius 3 is 2.50 bits per heavy atom. The minimum atomic E-state index is -0.775. The summed E-state index contributed by atoms with van der Waals surface area (Å²) in [5.74, 6) is -1.32. The first-order valence-corrected chi connectivity index (χ1v) is 10.4. The average molecular weight is 415 g/mol. The largest absolute Gasteiger partial charge is 0.469 e. The molecule has 2 fully saturated rings. The molecule has 1 spiro atoms. The summed E-state index contributed by atoms with van der Waals surface area (Å²) in [4.78, 5) is 52.7. The quantitative estimate of drug-likeness (QED) is 0.518. The molecule has 1 N–H and O–H groups in total. The standard InChI is InChI=1S/C22H29N3O5/c1-16(19(27)30-2)14-24(15-17-8-4-3-5-9-17)18(26)10-13-25-20(28)22(23-21(25)29)11-6-7-12-22/h3-5,8-9,16H,6-7,10-15H2,1-2H3,(H,23,29). The summed E-state index contributed by atoms with van der Waals surface area (Å²) < 4.78 is 4.78. The van der Waals surface area contributed by atoms with Crippen LogP contribution in [-0.2, 0) is 25.7 Å². The number of ether oxygens (including phenoxy) is 1. The Balaban J connectivity index is 1.65. The van der Waals surface area contributed by atoms with Crippen LogP contribution in [-0.4, -0.2) is 59.4 Å². The molecule has 1 atom stereocenters. The number of imide groups is 1. The van der Waals surface area contributed by atoms with Crippen LogP contribution >= 0.6 is 0 Å². The van der Waals surface area contributed by atoms with E-state index in [1.54, 1.807) is 11.8 Å². The molecule has 30 heavy (non-hydrogen) atoms. The Kier molecular flexibility index (Phi) is 6.74. The van der Waals surface area contributed by atoms with Gasteiger partial charge in [-0.2, -0.15) is 0 Å². The molecular formula is C22H29N3O5. The molecule has 4 amide bonds. The van der Waals surface area contributed by atoms with Crippen LogP contribution in [0, 0.1) is 5.92 Å². The van der Waals surface area contributed by atoms with Crippen molar-refractivity contribution < 1.29 is 23.9 Å². The molecule has 1 unspecified atom stereocenters. The third-order valence-electron chi connectivity index (χ3n) is 5.92.